The average Bonchev–Trinajstić information content (AvgIpc) is 2.77. The van der Waals surface area contributed by atoms with E-state index >= 15 is 0 Å². The molecule has 0 saturated carbocycles. The van der Waals surface area contributed by atoms with Crippen LogP contribution in [0.15, 0.2) is 11.1 Å². The zero-order chi connectivity index (χ0) is 12.5. The maximum atomic E-state index is 12.4. The molecule has 92 valence electrons. The van der Waals surface area contributed by atoms with E-state index in [4.69, 9.17) is 5.26 Å². The van der Waals surface area contributed by atoms with E-state index in [1.54, 1.807) is 22.2 Å². The Hall–Kier alpha value is -1.67. The lowest BCUT2D eigenvalue weighted by atomic mass is 9.97. The Bertz CT molecular complexity index is 693. The second-order valence-electron chi connectivity index (χ2n) is 4.54. The highest BCUT2D eigenvalue weighted by Crippen LogP contribution is 2.33. The van der Waals surface area contributed by atoms with Crippen LogP contribution in [0.2, 0.25) is 0 Å². The molecule has 2 aromatic heterocycles. The van der Waals surface area contributed by atoms with Crippen molar-refractivity contribution in [3.63, 3.8) is 0 Å². The molecule has 2 heterocycles. The number of aromatic nitrogens is 2. The van der Waals surface area contributed by atoms with Crippen LogP contribution in [-0.2, 0) is 19.4 Å². The molecule has 2 aromatic rings. The van der Waals surface area contributed by atoms with E-state index < -0.39 is 0 Å². The van der Waals surface area contributed by atoms with E-state index in [-0.39, 0.29) is 5.56 Å². The minimum atomic E-state index is 0.0228. The molecular formula is C13H13N3OS. The molecular weight excluding hydrogens is 246 g/mol. The third-order valence-electron chi connectivity index (χ3n) is 3.41. The normalized spacial score (nSPS) is 14.4. The van der Waals surface area contributed by atoms with Gasteiger partial charge >= 0.3 is 0 Å². The quantitative estimate of drug-likeness (QED) is 0.831. The van der Waals surface area contributed by atoms with Gasteiger partial charge in [0.15, 0.2) is 0 Å². The Balaban J connectivity index is 2.18. The third-order valence-corrected chi connectivity index (χ3v) is 4.61. The number of thiophene rings is 1. The lowest BCUT2D eigenvalue weighted by Gasteiger charge is -2.10. The summed E-state index contributed by atoms with van der Waals surface area (Å²) >= 11 is 1.66. The lowest BCUT2D eigenvalue weighted by Crippen LogP contribution is -2.21. The fourth-order valence-corrected chi connectivity index (χ4v) is 3.73. The Kier molecular flexibility index (Phi) is 2.88. The molecule has 1 aliphatic carbocycles. The molecule has 0 fully saturated rings. The van der Waals surface area contributed by atoms with E-state index in [1.807, 2.05) is 0 Å². The summed E-state index contributed by atoms with van der Waals surface area (Å²) in [5.74, 6) is 0. The highest BCUT2D eigenvalue weighted by atomic mass is 32.1. The van der Waals surface area contributed by atoms with Gasteiger partial charge in [-0.2, -0.15) is 5.26 Å². The standard InChI is InChI=1S/C13H13N3OS/c14-6-3-7-16-8-15-12-11(13(16)17)9-4-1-2-5-10(9)18-12/h8H,1-5,7H2. The number of hydrogen-bond acceptors (Lipinski definition) is 4. The van der Waals surface area contributed by atoms with E-state index in [1.165, 1.54) is 16.9 Å². The smallest absolute Gasteiger partial charge is 0.262 e. The summed E-state index contributed by atoms with van der Waals surface area (Å²) in [7, 11) is 0. The van der Waals surface area contributed by atoms with Gasteiger partial charge in [0.05, 0.1) is 24.2 Å². The van der Waals surface area contributed by atoms with Crippen LogP contribution in [0.25, 0.3) is 10.2 Å². The molecule has 4 nitrogen and oxygen atoms in total. The molecule has 0 saturated heterocycles. The second-order valence-corrected chi connectivity index (χ2v) is 5.63. The first kappa shape index (κ1) is 11.4. The van der Waals surface area contributed by atoms with E-state index in [0.717, 1.165) is 29.5 Å². The first-order valence-electron chi connectivity index (χ1n) is 6.18. The van der Waals surface area contributed by atoms with Crippen LogP contribution < -0.4 is 5.56 Å². The van der Waals surface area contributed by atoms with Crippen molar-refractivity contribution in [3.05, 3.63) is 27.1 Å². The van der Waals surface area contributed by atoms with Crippen molar-refractivity contribution < 1.29 is 0 Å². The molecule has 0 spiro atoms. The van der Waals surface area contributed by atoms with Gasteiger partial charge in [0.2, 0.25) is 0 Å². The summed E-state index contributed by atoms with van der Waals surface area (Å²) < 4.78 is 1.56. The number of nitriles is 1. The van der Waals surface area contributed by atoms with Gasteiger partial charge in [-0.3, -0.25) is 9.36 Å². The Labute approximate surface area is 109 Å². The van der Waals surface area contributed by atoms with Crippen molar-refractivity contribution in [2.75, 3.05) is 0 Å². The van der Waals surface area contributed by atoms with Crippen LogP contribution in [-0.4, -0.2) is 9.55 Å². The van der Waals surface area contributed by atoms with Gasteiger partial charge in [0.1, 0.15) is 4.83 Å². The zero-order valence-electron chi connectivity index (χ0n) is 9.98. The zero-order valence-corrected chi connectivity index (χ0v) is 10.8. The number of nitrogens with zero attached hydrogens (tertiary/aromatic N) is 3. The summed E-state index contributed by atoms with van der Waals surface area (Å²) in [4.78, 5) is 19.0. The number of hydrogen-bond donors (Lipinski definition) is 0. The molecule has 0 N–H and O–H groups in total. The molecule has 0 radical (unpaired) electrons. The van der Waals surface area contributed by atoms with Gasteiger partial charge in [-0.05, 0) is 31.2 Å². The van der Waals surface area contributed by atoms with Gasteiger partial charge in [-0.15, -0.1) is 11.3 Å². The highest BCUT2D eigenvalue weighted by Gasteiger charge is 2.19. The molecule has 0 aliphatic heterocycles. The van der Waals surface area contributed by atoms with Crippen molar-refractivity contribution in [2.45, 2.75) is 38.6 Å². The van der Waals surface area contributed by atoms with Crippen LogP contribution in [0.5, 0.6) is 0 Å². The van der Waals surface area contributed by atoms with Crippen LogP contribution >= 0.6 is 11.3 Å². The predicted octanol–water partition coefficient (Wildman–Crippen LogP) is 2.25. The Morgan fingerprint density at radius 3 is 3.11 bits per heavy atom. The van der Waals surface area contributed by atoms with Crippen LogP contribution in [0.3, 0.4) is 0 Å². The predicted molar refractivity (Wildman–Crippen MR) is 70.8 cm³/mol. The molecule has 0 bridgehead atoms. The third kappa shape index (κ3) is 1.73. The van der Waals surface area contributed by atoms with Crippen molar-refractivity contribution in [1.29, 1.82) is 5.26 Å². The number of rotatable bonds is 2. The van der Waals surface area contributed by atoms with Gasteiger partial charge in [0, 0.05) is 11.4 Å². The topological polar surface area (TPSA) is 58.7 Å². The van der Waals surface area contributed by atoms with Crippen molar-refractivity contribution in [2.24, 2.45) is 0 Å². The SMILES string of the molecule is N#CCCn1cnc2sc3c(c2c1=O)CCCC3. The molecule has 0 atom stereocenters. The highest BCUT2D eigenvalue weighted by molar-refractivity contribution is 7.18. The average molecular weight is 259 g/mol. The van der Waals surface area contributed by atoms with Crippen molar-refractivity contribution in [1.82, 2.24) is 9.55 Å². The molecule has 0 unspecified atom stereocenters. The van der Waals surface area contributed by atoms with Gasteiger partial charge in [-0.25, -0.2) is 4.98 Å². The summed E-state index contributed by atoms with van der Waals surface area (Å²) in [6.45, 7) is 0.433. The van der Waals surface area contributed by atoms with E-state index in [2.05, 4.69) is 11.1 Å². The Morgan fingerprint density at radius 1 is 1.44 bits per heavy atom. The first-order valence-corrected chi connectivity index (χ1v) is 6.99. The van der Waals surface area contributed by atoms with Gasteiger partial charge < -0.3 is 0 Å². The largest absolute Gasteiger partial charge is 0.298 e. The van der Waals surface area contributed by atoms with Crippen LogP contribution in [0.4, 0.5) is 0 Å². The van der Waals surface area contributed by atoms with Crippen LogP contribution in [0, 0.1) is 11.3 Å². The van der Waals surface area contributed by atoms with Gasteiger partial charge in [0.25, 0.3) is 5.56 Å². The van der Waals surface area contributed by atoms with Gasteiger partial charge in [-0.1, -0.05) is 0 Å². The Morgan fingerprint density at radius 2 is 2.28 bits per heavy atom. The maximum absolute atomic E-state index is 12.4. The molecule has 3 rings (SSSR count). The fraction of sp³-hybridized carbons (Fsp3) is 0.462. The monoisotopic (exact) mass is 259 g/mol. The molecule has 1 aliphatic rings. The van der Waals surface area contributed by atoms with E-state index in [0.29, 0.717) is 13.0 Å². The molecule has 0 amide bonds. The second kappa shape index (κ2) is 4.54. The summed E-state index contributed by atoms with van der Waals surface area (Å²) in [6.07, 6.45) is 6.36. The molecule has 18 heavy (non-hydrogen) atoms. The molecule has 0 aromatic carbocycles. The van der Waals surface area contributed by atoms with Crippen LogP contribution in [0.1, 0.15) is 29.7 Å². The minimum absolute atomic E-state index is 0.0228. The van der Waals surface area contributed by atoms with Crippen molar-refractivity contribution >= 4 is 21.6 Å². The fourth-order valence-electron chi connectivity index (χ4n) is 2.51. The number of aryl methyl sites for hydroxylation is 3. The van der Waals surface area contributed by atoms with Crippen molar-refractivity contribution in [3.8, 4) is 6.07 Å². The van der Waals surface area contributed by atoms with E-state index in [9.17, 15) is 4.79 Å². The minimum Gasteiger partial charge on any atom is -0.298 e. The molecule has 5 heteroatoms. The summed E-state index contributed by atoms with van der Waals surface area (Å²) in [5.41, 5.74) is 1.24. The summed E-state index contributed by atoms with van der Waals surface area (Å²) in [5, 5.41) is 9.40. The number of fused-ring (bicyclic) bond motifs is 3. The maximum Gasteiger partial charge on any atom is 0.262 e. The summed E-state index contributed by atoms with van der Waals surface area (Å²) in [6, 6.07) is 2.06. The lowest BCUT2D eigenvalue weighted by molar-refractivity contribution is 0.674. The first-order chi connectivity index (χ1) is 8.81.